The van der Waals surface area contributed by atoms with Crippen molar-refractivity contribution in [1.82, 2.24) is 5.32 Å². The molecule has 1 heterocycles. The molecule has 1 nitrogen and oxygen atoms in total. The molecule has 1 rings (SSSR count). The summed E-state index contributed by atoms with van der Waals surface area (Å²) in [4.78, 5) is 0. The highest BCUT2D eigenvalue weighted by molar-refractivity contribution is 4.75. The van der Waals surface area contributed by atoms with Crippen LogP contribution in [0.25, 0.3) is 0 Å². The molecule has 2 atom stereocenters. The van der Waals surface area contributed by atoms with E-state index in [4.69, 9.17) is 0 Å². The van der Waals surface area contributed by atoms with Crippen LogP contribution in [0, 0.1) is 11.8 Å². The minimum Gasteiger partial charge on any atom is -0.316 e. The van der Waals surface area contributed by atoms with Gasteiger partial charge >= 0.3 is 0 Å². The largest absolute Gasteiger partial charge is 0.316 e. The summed E-state index contributed by atoms with van der Waals surface area (Å²) in [7, 11) is 0. The third kappa shape index (κ3) is 4.12. The van der Waals surface area contributed by atoms with E-state index in [-0.39, 0.29) is 0 Å². The van der Waals surface area contributed by atoms with Crippen molar-refractivity contribution in [2.75, 3.05) is 13.1 Å². The monoisotopic (exact) mass is 183 g/mol. The fourth-order valence-electron chi connectivity index (χ4n) is 2.29. The van der Waals surface area contributed by atoms with Gasteiger partial charge in [-0.15, -0.1) is 0 Å². The first-order valence-corrected chi connectivity index (χ1v) is 6.05. The van der Waals surface area contributed by atoms with Crippen molar-refractivity contribution in [3.8, 4) is 0 Å². The zero-order chi connectivity index (χ0) is 9.52. The summed E-state index contributed by atoms with van der Waals surface area (Å²) in [6, 6.07) is 0. The molecule has 78 valence electrons. The second-order valence-electron chi connectivity index (χ2n) is 4.58. The Labute approximate surface area is 83.3 Å². The lowest BCUT2D eigenvalue weighted by Crippen LogP contribution is -2.15. The van der Waals surface area contributed by atoms with Gasteiger partial charge in [0, 0.05) is 0 Å². The number of hydrogen-bond acceptors (Lipinski definition) is 1. The van der Waals surface area contributed by atoms with Crippen LogP contribution in [0.2, 0.25) is 0 Å². The van der Waals surface area contributed by atoms with E-state index >= 15 is 0 Å². The van der Waals surface area contributed by atoms with E-state index in [1.165, 1.54) is 51.6 Å². The van der Waals surface area contributed by atoms with Crippen molar-refractivity contribution in [1.29, 1.82) is 0 Å². The average Bonchev–Trinajstić information content (AvgIpc) is 2.65. The SMILES string of the molecule is CCCCCCC(C)C1CCNC1. The van der Waals surface area contributed by atoms with Gasteiger partial charge in [-0.05, 0) is 31.3 Å². The van der Waals surface area contributed by atoms with E-state index in [0.717, 1.165) is 11.8 Å². The Bertz CT molecular complexity index is 116. The first kappa shape index (κ1) is 11.0. The van der Waals surface area contributed by atoms with Crippen LogP contribution in [-0.4, -0.2) is 13.1 Å². The summed E-state index contributed by atoms with van der Waals surface area (Å²) in [6.07, 6.45) is 8.54. The van der Waals surface area contributed by atoms with Crippen LogP contribution in [0.3, 0.4) is 0 Å². The predicted molar refractivity (Wildman–Crippen MR) is 58.9 cm³/mol. The molecule has 1 N–H and O–H groups in total. The van der Waals surface area contributed by atoms with Crippen molar-refractivity contribution >= 4 is 0 Å². The molecule has 0 bridgehead atoms. The lowest BCUT2D eigenvalue weighted by molar-refractivity contribution is 0.350. The van der Waals surface area contributed by atoms with Crippen molar-refractivity contribution in [2.45, 2.75) is 52.4 Å². The molecule has 13 heavy (non-hydrogen) atoms. The number of unbranched alkanes of at least 4 members (excludes halogenated alkanes) is 3. The summed E-state index contributed by atoms with van der Waals surface area (Å²) >= 11 is 0. The van der Waals surface area contributed by atoms with Crippen LogP contribution in [0.15, 0.2) is 0 Å². The molecule has 0 amide bonds. The summed E-state index contributed by atoms with van der Waals surface area (Å²) in [5, 5.41) is 3.45. The first-order chi connectivity index (χ1) is 6.34. The maximum absolute atomic E-state index is 3.45. The highest BCUT2D eigenvalue weighted by Crippen LogP contribution is 2.23. The third-order valence-electron chi connectivity index (χ3n) is 3.42. The summed E-state index contributed by atoms with van der Waals surface area (Å²) in [5.74, 6) is 1.92. The Morgan fingerprint density at radius 1 is 1.31 bits per heavy atom. The van der Waals surface area contributed by atoms with Gasteiger partial charge in [-0.25, -0.2) is 0 Å². The van der Waals surface area contributed by atoms with Gasteiger partial charge < -0.3 is 5.32 Å². The van der Waals surface area contributed by atoms with E-state index in [1.54, 1.807) is 0 Å². The summed E-state index contributed by atoms with van der Waals surface area (Å²) in [6.45, 7) is 7.24. The first-order valence-electron chi connectivity index (χ1n) is 6.05. The van der Waals surface area contributed by atoms with Crippen LogP contribution >= 0.6 is 0 Å². The molecule has 0 aliphatic carbocycles. The zero-order valence-electron chi connectivity index (χ0n) is 9.31. The highest BCUT2D eigenvalue weighted by atomic mass is 14.9. The number of hydrogen-bond donors (Lipinski definition) is 1. The van der Waals surface area contributed by atoms with Gasteiger partial charge in [-0.2, -0.15) is 0 Å². The molecule has 1 fully saturated rings. The molecule has 0 radical (unpaired) electrons. The Morgan fingerprint density at radius 2 is 2.15 bits per heavy atom. The smallest absolute Gasteiger partial charge is 0.00175 e. The Hall–Kier alpha value is -0.0400. The maximum atomic E-state index is 3.45. The van der Waals surface area contributed by atoms with Crippen LogP contribution in [0.4, 0.5) is 0 Å². The van der Waals surface area contributed by atoms with E-state index < -0.39 is 0 Å². The molecule has 1 saturated heterocycles. The topological polar surface area (TPSA) is 12.0 Å². The molecule has 1 heteroatoms. The molecule has 0 aromatic carbocycles. The Balaban J connectivity index is 1.99. The molecule has 0 aromatic rings. The fourth-order valence-corrected chi connectivity index (χ4v) is 2.29. The van der Waals surface area contributed by atoms with E-state index in [2.05, 4.69) is 19.2 Å². The predicted octanol–water partition coefficient (Wildman–Crippen LogP) is 3.20. The minimum atomic E-state index is 0.951. The average molecular weight is 183 g/mol. The highest BCUT2D eigenvalue weighted by Gasteiger charge is 2.20. The molecule has 2 unspecified atom stereocenters. The van der Waals surface area contributed by atoms with E-state index in [0.29, 0.717) is 0 Å². The van der Waals surface area contributed by atoms with Crippen LogP contribution in [0.1, 0.15) is 52.4 Å². The number of nitrogens with one attached hydrogen (secondary N) is 1. The molecule has 0 aromatic heterocycles. The number of rotatable bonds is 6. The van der Waals surface area contributed by atoms with Gasteiger partial charge in [0.2, 0.25) is 0 Å². The summed E-state index contributed by atoms with van der Waals surface area (Å²) in [5.41, 5.74) is 0. The van der Waals surface area contributed by atoms with Crippen LogP contribution in [0.5, 0.6) is 0 Å². The van der Waals surface area contributed by atoms with E-state index in [1.807, 2.05) is 0 Å². The summed E-state index contributed by atoms with van der Waals surface area (Å²) < 4.78 is 0. The molecule has 0 spiro atoms. The third-order valence-corrected chi connectivity index (χ3v) is 3.42. The van der Waals surface area contributed by atoms with Crippen molar-refractivity contribution in [3.63, 3.8) is 0 Å². The van der Waals surface area contributed by atoms with Crippen molar-refractivity contribution in [2.24, 2.45) is 11.8 Å². The van der Waals surface area contributed by atoms with Crippen molar-refractivity contribution < 1.29 is 0 Å². The minimum absolute atomic E-state index is 0.951. The van der Waals surface area contributed by atoms with Gasteiger partial charge in [0.15, 0.2) is 0 Å². The lowest BCUT2D eigenvalue weighted by atomic mass is 9.89. The van der Waals surface area contributed by atoms with Gasteiger partial charge in [0.1, 0.15) is 0 Å². The van der Waals surface area contributed by atoms with E-state index in [9.17, 15) is 0 Å². The molecule has 1 aliphatic heterocycles. The van der Waals surface area contributed by atoms with Gasteiger partial charge in [0.05, 0.1) is 0 Å². The second-order valence-corrected chi connectivity index (χ2v) is 4.58. The van der Waals surface area contributed by atoms with Crippen molar-refractivity contribution in [3.05, 3.63) is 0 Å². The Morgan fingerprint density at radius 3 is 2.77 bits per heavy atom. The fraction of sp³-hybridized carbons (Fsp3) is 1.00. The molecule has 1 aliphatic rings. The molecule has 0 saturated carbocycles. The lowest BCUT2D eigenvalue weighted by Gasteiger charge is -2.17. The Kier molecular flexibility index (Phi) is 5.45. The van der Waals surface area contributed by atoms with Crippen LogP contribution < -0.4 is 5.32 Å². The normalized spacial score (nSPS) is 24.9. The molecular formula is C12H25N. The maximum Gasteiger partial charge on any atom is -0.00175 e. The second kappa shape index (κ2) is 6.42. The standard InChI is InChI=1S/C12H25N/c1-3-4-5-6-7-11(2)12-8-9-13-10-12/h11-13H,3-10H2,1-2H3. The van der Waals surface area contributed by atoms with Crippen LogP contribution in [-0.2, 0) is 0 Å². The quantitative estimate of drug-likeness (QED) is 0.624. The van der Waals surface area contributed by atoms with Gasteiger partial charge in [-0.3, -0.25) is 0 Å². The van der Waals surface area contributed by atoms with Gasteiger partial charge in [-0.1, -0.05) is 46.0 Å². The molecular weight excluding hydrogens is 158 g/mol. The van der Waals surface area contributed by atoms with Gasteiger partial charge in [0.25, 0.3) is 0 Å². The zero-order valence-corrected chi connectivity index (χ0v) is 9.31.